The van der Waals surface area contributed by atoms with Crippen molar-refractivity contribution >= 4 is 59.0 Å². The summed E-state index contributed by atoms with van der Waals surface area (Å²) < 4.78 is 0. The van der Waals surface area contributed by atoms with Crippen LogP contribution in [-0.2, 0) is 24.4 Å². The summed E-state index contributed by atoms with van der Waals surface area (Å²) in [5, 5.41) is 7.79. The van der Waals surface area contributed by atoms with E-state index in [1.807, 2.05) is 17.0 Å². The quantitative estimate of drug-likeness (QED) is 0.316. The molecule has 2 aromatic rings. The number of nitrogens with one attached hydrogen (secondary N) is 2. The van der Waals surface area contributed by atoms with E-state index in [1.165, 1.54) is 0 Å². The summed E-state index contributed by atoms with van der Waals surface area (Å²) in [7, 11) is 1.73. The van der Waals surface area contributed by atoms with Gasteiger partial charge in [0.1, 0.15) is 0 Å². The lowest BCUT2D eigenvalue weighted by molar-refractivity contribution is -0.128. The van der Waals surface area contributed by atoms with Gasteiger partial charge in [0.15, 0.2) is 5.96 Å². The maximum Gasteiger partial charge on any atom is 0.222 e. The van der Waals surface area contributed by atoms with E-state index in [2.05, 4.69) is 39.9 Å². The molecule has 8 heteroatoms. The van der Waals surface area contributed by atoms with Crippen LogP contribution in [0, 0.1) is 0 Å². The lowest BCUT2D eigenvalue weighted by Crippen LogP contribution is -2.36. The van der Waals surface area contributed by atoms with Gasteiger partial charge in [-0.2, -0.15) is 0 Å². The number of benzene rings is 2. The van der Waals surface area contributed by atoms with Crippen LogP contribution in [0.15, 0.2) is 47.5 Å². The molecule has 0 spiro atoms. The van der Waals surface area contributed by atoms with E-state index in [1.54, 1.807) is 13.1 Å². The molecule has 3 rings (SSSR count). The van der Waals surface area contributed by atoms with Gasteiger partial charge in [0.2, 0.25) is 5.91 Å². The average molecular weight is 547 g/mol. The standard InChI is InChI=1S/C21H24Cl2N4O.HI/c1-24-21(26-13-17-8-9-18(22)11-19(17)23)25-12-15-4-6-16(7-5-15)14-27-10-2-3-20(27)28;/h4-9,11H,2-3,10,12-14H2,1H3,(H2,24,25,26);1H. The van der Waals surface area contributed by atoms with E-state index >= 15 is 0 Å². The zero-order valence-corrected chi connectivity index (χ0v) is 20.1. The summed E-state index contributed by atoms with van der Waals surface area (Å²) in [6, 6.07) is 13.7. The predicted octanol–water partition coefficient (Wildman–Crippen LogP) is 4.60. The highest BCUT2D eigenvalue weighted by Crippen LogP contribution is 2.20. The van der Waals surface area contributed by atoms with E-state index in [0.717, 1.165) is 29.7 Å². The van der Waals surface area contributed by atoms with Gasteiger partial charge in [0, 0.05) is 49.7 Å². The Morgan fingerprint density at radius 3 is 2.38 bits per heavy atom. The van der Waals surface area contributed by atoms with Crippen LogP contribution in [0.2, 0.25) is 10.0 Å². The minimum atomic E-state index is 0. The molecule has 0 bridgehead atoms. The number of amides is 1. The zero-order valence-electron chi connectivity index (χ0n) is 16.3. The average Bonchev–Trinajstić information content (AvgIpc) is 3.09. The molecule has 1 aliphatic heterocycles. The molecule has 2 aromatic carbocycles. The molecule has 1 aliphatic rings. The first-order chi connectivity index (χ1) is 13.5. The van der Waals surface area contributed by atoms with Crippen molar-refractivity contribution < 1.29 is 4.79 Å². The summed E-state index contributed by atoms with van der Waals surface area (Å²) in [6.07, 6.45) is 1.64. The number of likely N-dealkylation sites (tertiary alicyclic amines) is 1. The van der Waals surface area contributed by atoms with E-state index in [9.17, 15) is 4.79 Å². The first-order valence-corrected chi connectivity index (χ1v) is 10.0. The summed E-state index contributed by atoms with van der Waals surface area (Å²) in [6.45, 7) is 2.76. The van der Waals surface area contributed by atoms with Gasteiger partial charge in [0.25, 0.3) is 0 Å². The topological polar surface area (TPSA) is 56.7 Å². The van der Waals surface area contributed by atoms with E-state index in [-0.39, 0.29) is 29.9 Å². The zero-order chi connectivity index (χ0) is 19.9. The van der Waals surface area contributed by atoms with Crippen LogP contribution in [0.4, 0.5) is 0 Å². The normalized spacial score (nSPS) is 14.0. The second kappa shape index (κ2) is 11.6. The van der Waals surface area contributed by atoms with Crippen molar-refractivity contribution in [3.63, 3.8) is 0 Å². The molecule has 0 atom stereocenters. The van der Waals surface area contributed by atoms with Gasteiger partial charge in [-0.05, 0) is 35.2 Å². The van der Waals surface area contributed by atoms with Gasteiger partial charge in [-0.1, -0.05) is 53.5 Å². The molecule has 156 valence electrons. The van der Waals surface area contributed by atoms with Crippen molar-refractivity contribution in [3.8, 4) is 0 Å². The Balaban J connectivity index is 0.00000300. The van der Waals surface area contributed by atoms with Crippen molar-refractivity contribution in [2.75, 3.05) is 13.6 Å². The smallest absolute Gasteiger partial charge is 0.222 e. The SMILES string of the molecule is CN=C(NCc1ccc(CN2CCCC2=O)cc1)NCc1ccc(Cl)cc1Cl.I. The second-order valence-corrected chi connectivity index (χ2v) is 7.59. The fourth-order valence-corrected chi connectivity index (χ4v) is 3.58. The Hall–Kier alpha value is -1.51. The molecule has 0 unspecified atom stereocenters. The number of halogens is 3. The van der Waals surface area contributed by atoms with Crippen LogP contribution in [0.3, 0.4) is 0 Å². The molecule has 1 fully saturated rings. The van der Waals surface area contributed by atoms with Crippen molar-refractivity contribution in [1.82, 2.24) is 15.5 Å². The van der Waals surface area contributed by atoms with E-state index in [4.69, 9.17) is 23.2 Å². The number of hydrogen-bond donors (Lipinski definition) is 2. The van der Waals surface area contributed by atoms with Crippen LogP contribution in [0.1, 0.15) is 29.5 Å². The first kappa shape index (κ1) is 23.8. The monoisotopic (exact) mass is 546 g/mol. The Labute approximate surface area is 198 Å². The Bertz CT molecular complexity index is 858. The molecular formula is C21H25Cl2IN4O. The highest BCUT2D eigenvalue weighted by molar-refractivity contribution is 14.0. The van der Waals surface area contributed by atoms with Gasteiger partial charge < -0.3 is 15.5 Å². The van der Waals surface area contributed by atoms with Crippen LogP contribution in [0.25, 0.3) is 0 Å². The molecule has 1 saturated heterocycles. The summed E-state index contributed by atoms with van der Waals surface area (Å²) in [4.78, 5) is 17.9. The molecule has 1 heterocycles. The lowest BCUT2D eigenvalue weighted by atomic mass is 10.1. The highest BCUT2D eigenvalue weighted by atomic mass is 127. The molecule has 0 aromatic heterocycles. The van der Waals surface area contributed by atoms with Crippen LogP contribution in [0.5, 0.6) is 0 Å². The molecule has 0 radical (unpaired) electrons. The Morgan fingerprint density at radius 1 is 1.07 bits per heavy atom. The maximum absolute atomic E-state index is 11.7. The number of rotatable bonds is 6. The van der Waals surface area contributed by atoms with Gasteiger partial charge in [-0.3, -0.25) is 9.79 Å². The number of guanidine groups is 1. The molecule has 0 aliphatic carbocycles. The Kier molecular flexibility index (Phi) is 9.52. The highest BCUT2D eigenvalue weighted by Gasteiger charge is 2.19. The van der Waals surface area contributed by atoms with Crippen molar-refractivity contribution in [3.05, 3.63) is 69.2 Å². The van der Waals surface area contributed by atoms with Gasteiger partial charge in [0.05, 0.1) is 0 Å². The molecule has 5 nitrogen and oxygen atoms in total. The first-order valence-electron chi connectivity index (χ1n) is 9.29. The minimum Gasteiger partial charge on any atom is -0.352 e. The minimum absolute atomic E-state index is 0. The number of carbonyl (C=O) groups excluding carboxylic acids is 1. The fourth-order valence-electron chi connectivity index (χ4n) is 3.10. The molecule has 1 amide bonds. The third-order valence-electron chi connectivity index (χ3n) is 4.71. The molecule has 2 N–H and O–H groups in total. The molecule has 0 saturated carbocycles. The number of hydrogen-bond acceptors (Lipinski definition) is 2. The Morgan fingerprint density at radius 2 is 1.76 bits per heavy atom. The second-order valence-electron chi connectivity index (χ2n) is 6.75. The maximum atomic E-state index is 11.7. The predicted molar refractivity (Wildman–Crippen MR) is 130 cm³/mol. The van der Waals surface area contributed by atoms with Gasteiger partial charge in [-0.15, -0.1) is 24.0 Å². The molecule has 29 heavy (non-hydrogen) atoms. The fraction of sp³-hybridized carbons (Fsp3) is 0.333. The van der Waals surface area contributed by atoms with E-state index in [0.29, 0.717) is 42.1 Å². The van der Waals surface area contributed by atoms with Crippen molar-refractivity contribution in [1.29, 1.82) is 0 Å². The van der Waals surface area contributed by atoms with Crippen molar-refractivity contribution in [2.45, 2.75) is 32.5 Å². The van der Waals surface area contributed by atoms with Gasteiger partial charge >= 0.3 is 0 Å². The summed E-state index contributed by atoms with van der Waals surface area (Å²) >= 11 is 12.1. The van der Waals surface area contributed by atoms with Gasteiger partial charge in [-0.25, -0.2) is 0 Å². The summed E-state index contributed by atoms with van der Waals surface area (Å²) in [5.74, 6) is 0.944. The number of carbonyl (C=O) groups is 1. The largest absolute Gasteiger partial charge is 0.352 e. The number of nitrogens with zero attached hydrogens (tertiary/aromatic N) is 2. The summed E-state index contributed by atoms with van der Waals surface area (Å²) in [5.41, 5.74) is 3.25. The third kappa shape index (κ3) is 7.04. The van der Waals surface area contributed by atoms with E-state index < -0.39 is 0 Å². The number of aliphatic imine (C=N–C) groups is 1. The molecular weight excluding hydrogens is 522 g/mol. The van der Waals surface area contributed by atoms with Crippen molar-refractivity contribution in [2.24, 2.45) is 4.99 Å². The third-order valence-corrected chi connectivity index (χ3v) is 5.30. The van der Waals surface area contributed by atoms with Crippen LogP contribution < -0.4 is 10.6 Å². The van der Waals surface area contributed by atoms with Crippen LogP contribution >= 0.6 is 47.2 Å². The lowest BCUT2D eigenvalue weighted by Gasteiger charge is -2.16. The van der Waals surface area contributed by atoms with Crippen LogP contribution in [-0.4, -0.2) is 30.4 Å².